The second-order valence-electron chi connectivity index (χ2n) is 1.55. The quantitative estimate of drug-likeness (QED) is 0.185. The SMILES string of the molecule is C#CC(OC)=[N+](C)C. The lowest BCUT2D eigenvalue weighted by molar-refractivity contribution is -0.472. The van der Waals surface area contributed by atoms with Crippen molar-refractivity contribution in [2.24, 2.45) is 0 Å². The maximum Gasteiger partial charge on any atom is 0.416 e. The van der Waals surface area contributed by atoms with Crippen LogP contribution in [0.4, 0.5) is 0 Å². The number of nitrogens with zero attached hydrogens (tertiary/aromatic N) is 1. The highest BCUT2D eigenvalue weighted by molar-refractivity contribution is 5.88. The van der Waals surface area contributed by atoms with Crippen LogP contribution in [0.3, 0.4) is 0 Å². The number of methoxy groups -OCH3 is 1. The molecule has 0 aliphatic heterocycles. The smallest absolute Gasteiger partial charge is 0.416 e. The molecule has 0 radical (unpaired) electrons. The Bertz CT molecular complexity index is 137. The molecule has 0 aromatic rings. The highest BCUT2D eigenvalue weighted by Gasteiger charge is 1.98. The summed E-state index contributed by atoms with van der Waals surface area (Å²) in [5.41, 5.74) is 0. The summed E-state index contributed by atoms with van der Waals surface area (Å²) in [6.07, 6.45) is 5.03. The van der Waals surface area contributed by atoms with Gasteiger partial charge in [0, 0.05) is 5.92 Å². The predicted molar refractivity (Wildman–Crippen MR) is 33.0 cm³/mol. The van der Waals surface area contributed by atoms with Gasteiger partial charge in [0.1, 0.15) is 14.1 Å². The fourth-order valence-corrected chi connectivity index (χ4v) is 0.371. The van der Waals surface area contributed by atoms with Crippen molar-refractivity contribution in [2.45, 2.75) is 0 Å². The number of rotatable bonds is 0. The van der Waals surface area contributed by atoms with Crippen molar-refractivity contribution in [3.05, 3.63) is 0 Å². The van der Waals surface area contributed by atoms with E-state index in [9.17, 15) is 0 Å². The van der Waals surface area contributed by atoms with Crippen molar-refractivity contribution in [1.29, 1.82) is 0 Å². The first-order valence-corrected chi connectivity index (χ1v) is 2.27. The van der Waals surface area contributed by atoms with Gasteiger partial charge in [-0.1, -0.05) is 0 Å². The first-order valence-electron chi connectivity index (χ1n) is 2.27. The zero-order valence-electron chi connectivity index (χ0n) is 5.43. The third-order valence-corrected chi connectivity index (χ3v) is 0.723. The molecule has 0 aromatic carbocycles. The summed E-state index contributed by atoms with van der Waals surface area (Å²) in [5, 5.41) is 0. The first-order chi connectivity index (χ1) is 3.72. The van der Waals surface area contributed by atoms with Crippen LogP contribution in [-0.2, 0) is 4.74 Å². The minimum atomic E-state index is 0.546. The topological polar surface area (TPSA) is 12.2 Å². The Hall–Kier alpha value is -0.970. The molecule has 0 spiro atoms. The van der Waals surface area contributed by atoms with Gasteiger partial charge in [0.15, 0.2) is 0 Å². The Labute approximate surface area is 49.8 Å². The average molecular weight is 112 g/mol. The van der Waals surface area contributed by atoms with Crippen molar-refractivity contribution in [2.75, 3.05) is 21.2 Å². The summed E-state index contributed by atoms with van der Waals surface area (Å²) in [6, 6.07) is 0. The fourth-order valence-electron chi connectivity index (χ4n) is 0.371. The van der Waals surface area contributed by atoms with E-state index in [1.165, 1.54) is 0 Å². The van der Waals surface area contributed by atoms with E-state index in [0.717, 1.165) is 0 Å². The average Bonchev–Trinajstić information content (AvgIpc) is 1.69. The first kappa shape index (κ1) is 7.03. The number of ether oxygens (including phenoxy) is 1. The molecule has 0 aliphatic carbocycles. The molecular weight excluding hydrogens is 102 g/mol. The van der Waals surface area contributed by atoms with Crippen molar-refractivity contribution in [3.8, 4) is 12.3 Å². The third kappa shape index (κ3) is 1.65. The van der Waals surface area contributed by atoms with E-state index in [4.69, 9.17) is 11.2 Å². The molecule has 2 heteroatoms. The van der Waals surface area contributed by atoms with Crippen molar-refractivity contribution in [3.63, 3.8) is 0 Å². The van der Waals surface area contributed by atoms with Crippen molar-refractivity contribution in [1.82, 2.24) is 0 Å². The Morgan fingerprint density at radius 2 is 2.12 bits per heavy atom. The normalized spacial score (nSPS) is 7.25. The summed E-state index contributed by atoms with van der Waals surface area (Å²) >= 11 is 0. The van der Waals surface area contributed by atoms with Gasteiger partial charge in [-0.2, -0.15) is 4.58 Å². The van der Waals surface area contributed by atoms with E-state index in [0.29, 0.717) is 5.90 Å². The Morgan fingerprint density at radius 1 is 1.62 bits per heavy atom. The summed E-state index contributed by atoms with van der Waals surface area (Å²) in [5.74, 6) is 2.92. The predicted octanol–water partition coefficient (Wildman–Crippen LogP) is -0.0634. The molecule has 0 unspecified atom stereocenters. The standard InChI is InChI=1S/C6H10NO/c1-5-6(8-4)7(2)3/h1H,2-4H3/q+1. The van der Waals surface area contributed by atoms with Gasteiger partial charge in [0.05, 0.1) is 7.11 Å². The second kappa shape index (κ2) is 3.09. The molecule has 44 valence electrons. The third-order valence-electron chi connectivity index (χ3n) is 0.723. The van der Waals surface area contributed by atoms with Crippen LogP contribution in [0.15, 0.2) is 0 Å². The molecule has 2 nitrogen and oxygen atoms in total. The maximum atomic E-state index is 5.03. The van der Waals surface area contributed by atoms with E-state index < -0.39 is 0 Å². The molecule has 0 rings (SSSR count). The molecule has 0 N–H and O–H groups in total. The van der Waals surface area contributed by atoms with Gasteiger partial charge in [-0.25, -0.2) is 0 Å². The summed E-state index contributed by atoms with van der Waals surface area (Å²) < 4.78 is 6.50. The Balaban J connectivity index is 4.15. The molecule has 0 aromatic heterocycles. The van der Waals surface area contributed by atoms with Crippen LogP contribution in [0.5, 0.6) is 0 Å². The Morgan fingerprint density at radius 3 is 2.12 bits per heavy atom. The lowest BCUT2D eigenvalue weighted by Crippen LogP contribution is -2.12. The van der Waals surface area contributed by atoms with Crippen LogP contribution in [-0.4, -0.2) is 31.7 Å². The molecule has 0 saturated carbocycles. The number of terminal acetylenes is 1. The number of hydrogen-bond donors (Lipinski definition) is 0. The monoisotopic (exact) mass is 112 g/mol. The van der Waals surface area contributed by atoms with Gasteiger partial charge >= 0.3 is 5.90 Å². The maximum absolute atomic E-state index is 5.03. The van der Waals surface area contributed by atoms with Crippen LogP contribution in [0.25, 0.3) is 0 Å². The highest BCUT2D eigenvalue weighted by Crippen LogP contribution is 1.70. The fraction of sp³-hybridized carbons (Fsp3) is 0.500. The Kier molecular flexibility index (Phi) is 2.71. The molecule has 8 heavy (non-hydrogen) atoms. The van der Waals surface area contributed by atoms with E-state index >= 15 is 0 Å². The van der Waals surface area contributed by atoms with Gasteiger partial charge < -0.3 is 4.74 Å². The van der Waals surface area contributed by atoms with E-state index in [-0.39, 0.29) is 0 Å². The van der Waals surface area contributed by atoms with Crippen molar-refractivity contribution < 1.29 is 9.31 Å². The second-order valence-corrected chi connectivity index (χ2v) is 1.55. The lowest BCUT2D eigenvalue weighted by Gasteiger charge is -1.90. The van der Waals surface area contributed by atoms with Crippen LogP contribution >= 0.6 is 0 Å². The van der Waals surface area contributed by atoms with E-state index in [1.807, 2.05) is 14.1 Å². The van der Waals surface area contributed by atoms with Gasteiger partial charge in [-0.15, -0.1) is 6.42 Å². The summed E-state index contributed by atoms with van der Waals surface area (Å²) in [6.45, 7) is 0. The van der Waals surface area contributed by atoms with E-state index in [1.54, 1.807) is 11.7 Å². The largest absolute Gasteiger partial charge is 0.441 e. The molecule has 0 bridgehead atoms. The minimum absolute atomic E-state index is 0.546. The molecule has 0 saturated heterocycles. The van der Waals surface area contributed by atoms with Crippen molar-refractivity contribution >= 4 is 5.90 Å². The van der Waals surface area contributed by atoms with Crippen LogP contribution < -0.4 is 0 Å². The summed E-state index contributed by atoms with van der Waals surface area (Å²) in [4.78, 5) is 0. The molecule has 0 amide bonds. The molecule has 0 heterocycles. The van der Waals surface area contributed by atoms with Gasteiger partial charge in [0.25, 0.3) is 0 Å². The zero-order chi connectivity index (χ0) is 6.57. The highest BCUT2D eigenvalue weighted by atomic mass is 16.5. The van der Waals surface area contributed by atoms with Gasteiger partial charge in [-0.05, 0) is 0 Å². The summed E-state index contributed by atoms with van der Waals surface area (Å²) in [7, 11) is 5.21. The lowest BCUT2D eigenvalue weighted by atomic mass is 10.6. The molecular formula is C6H10NO+. The zero-order valence-corrected chi connectivity index (χ0v) is 5.43. The van der Waals surface area contributed by atoms with Gasteiger partial charge in [0.2, 0.25) is 0 Å². The van der Waals surface area contributed by atoms with Gasteiger partial charge in [-0.3, -0.25) is 0 Å². The molecule has 0 atom stereocenters. The van der Waals surface area contributed by atoms with E-state index in [2.05, 4.69) is 5.92 Å². The van der Waals surface area contributed by atoms with Crippen LogP contribution in [0, 0.1) is 12.3 Å². The van der Waals surface area contributed by atoms with Crippen LogP contribution in [0.2, 0.25) is 0 Å². The minimum Gasteiger partial charge on any atom is -0.441 e. The molecule has 0 fully saturated rings. The molecule has 0 aliphatic rings. The number of hydrogen-bond acceptors (Lipinski definition) is 1. The van der Waals surface area contributed by atoms with Crippen LogP contribution in [0.1, 0.15) is 0 Å².